The Balaban J connectivity index is 1.59. The third-order valence-corrected chi connectivity index (χ3v) is 4.76. The molecule has 3 N–H and O–H groups in total. The predicted octanol–water partition coefficient (Wildman–Crippen LogP) is 1.68. The molecule has 2 aromatic rings. The number of hydrogen-bond donors (Lipinski definition) is 3. The third kappa shape index (κ3) is 6.31. The molecule has 1 heterocycles. The molecule has 9 heteroatoms. The number of hydrogen-bond acceptors (Lipinski definition) is 6. The van der Waals surface area contributed by atoms with Crippen LogP contribution in [0.3, 0.4) is 0 Å². The number of benzene rings is 2. The van der Waals surface area contributed by atoms with E-state index in [2.05, 4.69) is 21.2 Å². The first kappa shape index (κ1) is 22.8. The first-order valence-electron chi connectivity index (χ1n) is 10.3. The van der Waals surface area contributed by atoms with Gasteiger partial charge < -0.3 is 20.1 Å². The molecule has 1 aliphatic rings. The molecule has 2 aromatic carbocycles. The molecule has 32 heavy (non-hydrogen) atoms. The lowest BCUT2D eigenvalue weighted by Crippen LogP contribution is -2.45. The highest BCUT2D eigenvalue weighted by Gasteiger charge is 2.23. The highest BCUT2D eigenvalue weighted by molar-refractivity contribution is 6.05. The molecule has 3 rings (SSSR count). The maximum Gasteiger partial charge on any atom is 0.335 e. The predicted molar refractivity (Wildman–Crippen MR) is 118 cm³/mol. The summed E-state index contributed by atoms with van der Waals surface area (Å²) in [6.45, 7) is 3.88. The SMILES string of the molecule is CCOC(=O)[C@H](Cc1ccccc1)NC(=O)COc1ccc(C2=NNC(=O)NC2)cc1C. The summed E-state index contributed by atoms with van der Waals surface area (Å²) in [7, 11) is 0. The minimum Gasteiger partial charge on any atom is -0.484 e. The Kier molecular flexibility index (Phi) is 7.80. The number of amides is 3. The Morgan fingerprint density at radius 1 is 1.19 bits per heavy atom. The van der Waals surface area contributed by atoms with Crippen molar-refractivity contribution in [2.45, 2.75) is 26.3 Å². The van der Waals surface area contributed by atoms with E-state index < -0.39 is 17.9 Å². The number of esters is 1. The van der Waals surface area contributed by atoms with E-state index in [4.69, 9.17) is 9.47 Å². The monoisotopic (exact) mass is 438 g/mol. The molecule has 0 saturated carbocycles. The van der Waals surface area contributed by atoms with E-state index in [0.29, 0.717) is 24.4 Å². The summed E-state index contributed by atoms with van der Waals surface area (Å²) in [6.07, 6.45) is 0.325. The fraction of sp³-hybridized carbons (Fsp3) is 0.304. The van der Waals surface area contributed by atoms with Crippen LogP contribution in [0.4, 0.5) is 4.79 Å². The van der Waals surface area contributed by atoms with Crippen molar-refractivity contribution in [3.63, 3.8) is 0 Å². The number of urea groups is 1. The van der Waals surface area contributed by atoms with Gasteiger partial charge in [0.05, 0.1) is 18.9 Å². The van der Waals surface area contributed by atoms with Gasteiger partial charge >= 0.3 is 12.0 Å². The summed E-state index contributed by atoms with van der Waals surface area (Å²) in [5, 5.41) is 9.39. The minimum atomic E-state index is -0.802. The van der Waals surface area contributed by atoms with E-state index in [1.54, 1.807) is 19.1 Å². The van der Waals surface area contributed by atoms with Crippen LogP contribution in [-0.4, -0.2) is 49.4 Å². The standard InChI is InChI=1S/C23H26N4O5/c1-3-31-22(29)18(12-16-7-5-4-6-8-16)25-21(28)14-32-20-10-9-17(11-15(20)2)19-13-24-23(30)27-26-19/h4-11,18H,3,12-14H2,1-2H3,(H,25,28)(H2,24,27,30)/t18-/m0/s1. The number of hydrazone groups is 1. The molecule has 168 valence electrons. The Morgan fingerprint density at radius 3 is 2.62 bits per heavy atom. The molecule has 3 amide bonds. The molecule has 1 atom stereocenters. The maximum atomic E-state index is 12.5. The Bertz CT molecular complexity index is 1010. The lowest BCUT2D eigenvalue weighted by atomic mass is 10.1. The Hall–Kier alpha value is -3.88. The zero-order valence-corrected chi connectivity index (χ0v) is 18.0. The van der Waals surface area contributed by atoms with Crippen LogP contribution in [0.25, 0.3) is 0 Å². The van der Waals surface area contributed by atoms with E-state index in [9.17, 15) is 14.4 Å². The molecule has 0 aromatic heterocycles. The summed E-state index contributed by atoms with van der Waals surface area (Å²) in [4.78, 5) is 35.9. The molecule has 0 radical (unpaired) electrons. The van der Waals surface area contributed by atoms with Crippen LogP contribution in [0.1, 0.15) is 23.6 Å². The second kappa shape index (κ2) is 10.9. The van der Waals surface area contributed by atoms with Gasteiger partial charge in [-0.05, 0) is 43.2 Å². The molecule has 0 fully saturated rings. The van der Waals surface area contributed by atoms with Gasteiger partial charge in [0.1, 0.15) is 11.8 Å². The molecule has 9 nitrogen and oxygen atoms in total. The summed E-state index contributed by atoms with van der Waals surface area (Å²) in [5.41, 5.74) is 5.61. The molecule has 0 saturated heterocycles. The van der Waals surface area contributed by atoms with Gasteiger partial charge in [-0.3, -0.25) is 4.79 Å². The van der Waals surface area contributed by atoms with Crippen LogP contribution in [0.2, 0.25) is 0 Å². The fourth-order valence-electron chi connectivity index (χ4n) is 3.18. The Labute approximate surface area is 186 Å². The number of aryl methyl sites for hydroxylation is 1. The number of nitrogens with one attached hydrogen (secondary N) is 3. The average Bonchev–Trinajstić information content (AvgIpc) is 2.79. The van der Waals surface area contributed by atoms with Crippen molar-refractivity contribution in [1.29, 1.82) is 0 Å². The van der Waals surface area contributed by atoms with Crippen molar-refractivity contribution in [2.75, 3.05) is 19.8 Å². The van der Waals surface area contributed by atoms with Crippen LogP contribution >= 0.6 is 0 Å². The van der Waals surface area contributed by atoms with Crippen LogP contribution in [0, 0.1) is 6.92 Å². The van der Waals surface area contributed by atoms with Gasteiger partial charge in [0.2, 0.25) is 0 Å². The largest absolute Gasteiger partial charge is 0.484 e. The topological polar surface area (TPSA) is 118 Å². The number of carbonyl (C=O) groups is 3. The van der Waals surface area contributed by atoms with Crippen molar-refractivity contribution >= 4 is 23.6 Å². The van der Waals surface area contributed by atoms with E-state index in [-0.39, 0.29) is 19.2 Å². The van der Waals surface area contributed by atoms with Crippen LogP contribution < -0.4 is 20.8 Å². The van der Waals surface area contributed by atoms with Gasteiger partial charge in [0.15, 0.2) is 6.61 Å². The van der Waals surface area contributed by atoms with Gasteiger partial charge in [-0.1, -0.05) is 30.3 Å². The van der Waals surface area contributed by atoms with Crippen molar-refractivity contribution in [3.8, 4) is 5.75 Å². The molecule has 0 bridgehead atoms. The number of ether oxygens (including phenoxy) is 2. The van der Waals surface area contributed by atoms with Gasteiger partial charge in [0, 0.05) is 12.0 Å². The van der Waals surface area contributed by atoms with Gasteiger partial charge in [-0.25, -0.2) is 15.0 Å². The molecule has 0 unspecified atom stereocenters. The van der Waals surface area contributed by atoms with Crippen molar-refractivity contribution < 1.29 is 23.9 Å². The van der Waals surface area contributed by atoms with Crippen LogP contribution in [0.15, 0.2) is 53.6 Å². The summed E-state index contributed by atoms with van der Waals surface area (Å²) >= 11 is 0. The molecule has 1 aliphatic heterocycles. The molecular formula is C23H26N4O5. The Morgan fingerprint density at radius 2 is 1.97 bits per heavy atom. The van der Waals surface area contributed by atoms with Gasteiger partial charge in [-0.15, -0.1) is 0 Å². The lowest BCUT2D eigenvalue weighted by Gasteiger charge is -2.18. The van der Waals surface area contributed by atoms with Gasteiger partial charge in [-0.2, -0.15) is 5.10 Å². The van der Waals surface area contributed by atoms with E-state index in [0.717, 1.165) is 16.7 Å². The first-order valence-corrected chi connectivity index (χ1v) is 10.3. The smallest absolute Gasteiger partial charge is 0.335 e. The van der Waals surface area contributed by atoms with Crippen molar-refractivity contribution in [3.05, 3.63) is 65.2 Å². The summed E-state index contributed by atoms with van der Waals surface area (Å²) in [5.74, 6) is -0.377. The van der Waals surface area contributed by atoms with Crippen molar-refractivity contribution in [2.24, 2.45) is 5.10 Å². The second-order valence-corrected chi connectivity index (χ2v) is 7.18. The average molecular weight is 438 g/mol. The molecular weight excluding hydrogens is 412 g/mol. The molecule has 0 spiro atoms. The fourth-order valence-corrected chi connectivity index (χ4v) is 3.18. The number of nitrogens with zero attached hydrogens (tertiary/aromatic N) is 1. The highest BCUT2D eigenvalue weighted by atomic mass is 16.5. The van der Waals surface area contributed by atoms with E-state index in [1.807, 2.05) is 43.3 Å². The van der Waals surface area contributed by atoms with Gasteiger partial charge in [0.25, 0.3) is 5.91 Å². The van der Waals surface area contributed by atoms with Crippen LogP contribution in [0.5, 0.6) is 5.75 Å². The zero-order chi connectivity index (χ0) is 22.9. The summed E-state index contributed by atoms with van der Waals surface area (Å²) in [6, 6.07) is 13.7. The number of rotatable bonds is 9. The highest BCUT2D eigenvalue weighted by Crippen LogP contribution is 2.20. The third-order valence-electron chi connectivity index (χ3n) is 4.76. The minimum absolute atomic E-state index is 0.229. The molecule has 0 aliphatic carbocycles. The van der Waals surface area contributed by atoms with E-state index in [1.165, 1.54) is 0 Å². The quantitative estimate of drug-likeness (QED) is 0.515. The van der Waals surface area contributed by atoms with E-state index >= 15 is 0 Å². The lowest BCUT2D eigenvalue weighted by molar-refractivity contribution is -0.147. The zero-order valence-electron chi connectivity index (χ0n) is 18.0. The van der Waals surface area contributed by atoms with Crippen molar-refractivity contribution in [1.82, 2.24) is 16.1 Å². The summed E-state index contributed by atoms with van der Waals surface area (Å²) < 4.78 is 10.8. The van der Waals surface area contributed by atoms with Crippen LogP contribution in [-0.2, 0) is 20.7 Å². The maximum absolute atomic E-state index is 12.5. The second-order valence-electron chi connectivity index (χ2n) is 7.18. The first-order chi connectivity index (χ1) is 15.5. The number of carbonyl (C=O) groups excluding carboxylic acids is 3. The normalized spacial score (nSPS) is 13.8.